The minimum Gasteiger partial charge on any atom is -0.496 e. The number of fused-ring (bicyclic) bond motifs is 2. The third-order valence-electron chi connectivity index (χ3n) is 10.2. The second-order valence-electron chi connectivity index (χ2n) is 13.0. The molecule has 0 heterocycles. The Labute approximate surface area is 229 Å². The maximum atomic E-state index is 15.0. The number of hydrogen-bond donors (Lipinski definition) is 3. The van der Waals surface area contributed by atoms with Gasteiger partial charge in [0.2, 0.25) is 11.8 Å². The molecule has 4 saturated carbocycles. The third-order valence-corrected chi connectivity index (χ3v) is 10.2. The smallest absolute Gasteiger partial charge is 0.255 e. The van der Waals surface area contributed by atoms with E-state index in [4.69, 9.17) is 15.2 Å². The second-order valence-corrected chi connectivity index (χ2v) is 13.0. The molecule has 0 spiro atoms. The molecule has 8 nitrogen and oxygen atoms in total. The van der Waals surface area contributed by atoms with Crippen molar-refractivity contribution in [3.05, 3.63) is 23.5 Å². The number of ether oxygens (including phenoxy) is 2. The average molecular weight is 544 g/mol. The Kier molecular flexibility index (Phi) is 7.55. The monoisotopic (exact) mass is 543 g/mol. The van der Waals surface area contributed by atoms with Crippen molar-refractivity contribution in [1.82, 2.24) is 10.6 Å². The molecule has 4 aliphatic rings. The molecule has 214 valence electrons. The first-order valence-electron chi connectivity index (χ1n) is 14.4. The second kappa shape index (κ2) is 10.6. The van der Waals surface area contributed by atoms with E-state index in [1.807, 2.05) is 6.92 Å². The van der Waals surface area contributed by atoms with Crippen LogP contribution in [0.2, 0.25) is 0 Å². The zero-order valence-electron chi connectivity index (χ0n) is 23.3. The Balaban J connectivity index is 1.28. The van der Waals surface area contributed by atoms with Gasteiger partial charge in [0.15, 0.2) is 11.6 Å². The van der Waals surface area contributed by atoms with Gasteiger partial charge in [0.1, 0.15) is 5.75 Å². The Morgan fingerprint density at radius 1 is 1.03 bits per heavy atom. The molecular formula is C30H42FN3O5. The van der Waals surface area contributed by atoms with Crippen LogP contribution in [0.25, 0.3) is 0 Å². The van der Waals surface area contributed by atoms with Gasteiger partial charge in [0, 0.05) is 24.1 Å². The van der Waals surface area contributed by atoms with E-state index in [0.29, 0.717) is 32.2 Å². The first-order chi connectivity index (χ1) is 18.5. The van der Waals surface area contributed by atoms with E-state index in [0.717, 1.165) is 32.1 Å². The van der Waals surface area contributed by atoms with Gasteiger partial charge in [0.25, 0.3) is 5.91 Å². The van der Waals surface area contributed by atoms with Gasteiger partial charge in [-0.2, -0.15) is 0 Å². The summed E-state index contributed by atoms with van der Waals surface area (Å²) in [5.74, 6) is -0.985. The molecule has 9 heteroatoms. The van der Waals surface area contributed by atoms with Crippen LogP contribution in [0.3, 0.4) is 0 Å². The van der Waals surface area contributed by atoms with Gasteiger partial charge in [-0.15, -0.1) is 0 Å². The van der Waals surface area contributed by atoms with E-state index in [2.05, 4.69) is 17.6 Å². The van der Waals surface area contributed by atoms with Crippen LogP contribution in [0.15, 0.2) is 12.1 Å². The van der Waals surface area contributed by atoms with E-state index < -0.39 is 17.1 Å². The molecule has 0 unspecified atom stereocenters. The van der Waals surface area contributed by atoms with Crippen LogP contribution >= 0.6 is 0 Å². The maximum absolute atomic E-state index is 15.0. The number of benzene rings is 1. The van der Waals surface area contributed by atoms with Crippen molar-refractivity contribution in [3.63, 3.8) is 0 Å². The predicted octanol–water partition coefficient (Wildman–Crippen LogP) is 4.10. The largest absolute Gasteiger partial charge is 0.496 e. The molecule has 4 atom stereocenters. The van der Waals surface area contributed by atoms with Crippen LogP contribution in [-0.4, -0.2) is 43.5 Å². The zero-order valence-corrected chi connectivity index (χ0v) is 23.3. The fourth-order valence-corrected chi connectivity index (χ4v) is 7.22. The number of nitrogens with two attached hydrogens (primary N) is 1. The highest BCUT2D eigenvalue weighted by Gasteiger charge is 2.51. The van der Waals surface area contributed by atoms with Crippen LogP contribution in [0.1, 0.15) is 88.4 Å². The Hall–Kier alpha value is -2.84. The topological polar surface area (TPSA) is 120 Å². The predicted molar refractivity (Wildman–Crippen MR) is 144 cm³/mol. The summed E-state index contributed by atoms with van der Waals surface area (Å²) >= 11 is 0. The fraction of sp³-hybridized carbons (Fsp3) is 0.700. The molecule has 39 heavy (non-hydrogen) atoms. The number of carbonyl (C=O) groups excluding carboxylic acids is 3. The van der Waals surface area contributed by atoms with Gasteiger partial charge in [-0.1, -0.05) is 20.3 Å². The Bertz CT molecular complexity index is 1130. The molecule has 0 aliphatic heterocycles. The molecule has 2 bridgehead atoms. The van der Waals surface area contributed by atoms with Gasteiger partial charge in [0.05, 0.1) is 24.7 Å². The van der Waals surface area contributed by atoms with Gasteiger partial charge < -0.3 is 25.8 Å². The first-order valence-corrected chi connectivity index (χ1v) is 14.4. The molecule has 4 aliphatic carbocycles. The minimum atomic E-state index is -0.617. The van der Waals surface area contributed by atoms with E-state index >= 15 is 0 Å². The SMILES string of the molecule is COc1cc(F)c(O[C@H]2CC[C@@](C)(C(N)=O)CC2)cc1C(=O)N[C@@H]1[C@@H]2CC[C@@H](C2)[C@@H]1C(=O)NCC1(C)CCC1. The summed E-state index contributed by atoms with van der Waals surface area (Å²) in [6, 6.07) is 2.30. The summed E-state index contributed by atoms with van der Waals surface area (Å²) in [7, 11) is 1.40. The van der Waals surface area contributed by atoms with Crippen LogP contribution in [0.5, 0.6) is 11.5 Å². The molecule has 0 saturated heterocycles. The summed E-state index contributed by atoms with van der Waals surface area (Å²) in [5.41, 5.74) is 5.33. The van der Waals surface area contributed by atoms with Crippen LogP contribution in [-0.2, 0) is 9.59 Å². The quantitative estimate of drug-likeness (QED) is 0.433. The van der Waals surface area contributed by atoms with Gasteiger partial charge in [-0.05, 0) is 81.1 Å². The highest BCUT2D eigenvalue weighted by Crippen LogP contribution is 2.49. The van der Waals surface area contributed by atoms with Crippen LogP contribution in [0.4, 0.5) is 4.39 Å². The first kappa shape index (κ1) is 27.7. The van der Waals surface area contributed by atoms with Crippen molar-refractivity contribution >= 4 is 17.7 Å². The zero-order chi connectivity index (χ0) is 27.9. The van der Waals surface area contributed by atoms with E-state index in [9.17, 15) is 18.8 Å². The molecule has 5 rings (SSSR count). The number of nitrogens with one attached hydrogen (secondary N) is 2. The lowest BCUT2D eigenvalue weighted by atomic mass is 9.70. The van der Waals surface area contributed by atoms with Gasteiger partial charge in [-0.25, -0.2) is 4.39 Å². The molecule has 4 fully saturated rings. The number of carbonyl (C=O) groups is 3. The summed E-state index contributed by atoms with van der Waals surface area (Å²) in [4.78, 5) is 38.6. The molecule has 1 aromatic carbocycles. The van der Waals surface area contributed by atoms with E-state index in [1.165, 1.54) is 25.7 Å². The number of halogens is 1. The van der Waals surface area contributed by atoms with Crippen molar-refractivity contribution in [2.45, 2.75) is 90.2 Å². The van der Waals surface area contributed by atoms with Crippen molar-refractivity contribution < 1.29 is 28.2 Å². The molecule has 0 aromatic heterocycles. The molecule has 4 N–H and O–H groups in total. The standard InChI is InChI=1S/C30H42FN3O5/c1-29(9-4-10-29)16-33-27(36)24-17-5-6-18(13-17)25(24)34-26(35)20-14-23(21(31)15-22(20)38-3)39-19-7-11-30(2,12-8-19)28(32)37/h14-15,17-19,24-25H,4-13,16H2,1-3H3,(H2,32,37)(H,33,36)(H,34,35)/t17-,18+,19-,24-,25+,30+/m0/s1. The van der Waals surface area contributed by atoms with E-state index in [-0.39, 0.29) is 64.2 Å². The molecular weight excluding hydrogens is 501 g/mol. The highest BCUT2D eigenvalue weighted by molar-refractivity contribution is 5.98. The Morgan fingerprint density at radius 3 is 2.33 bits per heavy atom. The number of amides is 3. The normalized spacial score (nSPS) is 32.7. The molecule has 0 radical (unpaired) electrons. The summed E-state index contributed by atoms with van der Waals surface area (Å²) in [6.07, 6.45) is 8.34. The number of methoxy groups -OCH3 is 1. The van der Waals surface area contributed by atoms with E-state index in [1.54, 1.807) is 0 Å². The fourth-order valence-electron chi connectivity index (χ4n) is 7.22. The lowest BCUT2D eigenvalue weighted by molar-refractivity contribution is -0.129. The van der Waals surface area contributed by atoms with Crippen LogP contribution in [0, 0.1) is 34.4 Å². The summed E-state index contributed by atoms with van der Waals surface area (Å²) in [5, 5.41) is 6.30. The molecule has 1 aromatic rings. The lowest BCUT2D eigenvalue weighted by Crippen LogP contribution is -2.51. The maximum Gasteiger partial charge on any atom is 0.255 e. The lowest BCUT2D eigenvalue weighted by Gasteiger charge is -2.39. The van der Waals surface area contributed by atoms with Crippen molar-refractivity contribution in [2.75, 3.05) is 13.7 Å². The van der Waals surface area contributed by atoms with Gasteiger partial charge >= 0.3 is 0 Å². The number of primary amides is 1. The molecule has 3 amide bonds. The minimum absolute atomic E-state index is 0.0235. The number of rotatable bonds is 9. The Morgan fingerprint density at radius 2 is 1.72 bits per heavy atom. The van der Waals surface area contributed by atoms with Crippen molar-refractivity contribution in [2.24, 2.45) is 34.3 Å². The van der Waals surface area contributed by atoms with Gasteiger partial charge in [-0.3, -0.25) is 14.4 Å². The van der Waals surface area contributed by atoms with Crippen molar-refractivity contribution in [1.29, 1.82) is 0 Å². The third kappa shape index (κ3) is 5.46. The van der Waals surface area contributed by atoms with Crippen molar-refractivity contribution in [3.8, 4) is 11.5 Å². The summed E-state index contributed by atoms with van der Waals surface area (Å²) < 4.78 is 26.3. The number of hydrogen-bond acceptors (Lipinski definition) is 5. The van der Waals surface area contributed by atoms with Crippen LogP contribution < -0.4 is 25.8 Å². The highest BCUT2D eigenvalue weighted by atomic mass is 19.1. The summed E-state index contributed by atoms with van der Waals surface area (Å²) in [6.45, 7) is 4.73. The average Bonchev–Trinajstić information content (AvgIpc) is 3.50.